The predicted molar refractivity (Wildman–Crippen MR) is 81.8 cm³/mol. The van der Waals surface area contributed by atoms with Crippen LogP contribution < -0.4 is 10.1 Å². The van der Waals surface area contributed by atoms with Gasteiger partial charge in [-0.1, -0.05) is 42.8 Å². The number of hydrogen-bond donors (Lipinski definition) is 1. The summed E-state index contributed by atoms with van der Waals surface area (Å²) in [5.41, 5.74) is 3.69. The van der Waals surface area contributed by atoms with Gasteiger partial charge in [-0.2, -0.15) is 0 Å². The van der Waals surface area contributed by atoms with Crippen molar-refractivity contribution in [2.75, 3.05) is 7.11 Å². The van der Waals surface area contributed by atoms with Crippen molar-refractivity contribution in [1.82, 2.24) is 10.3 Å². The average molecular weight is 270 g/mol. The third kappa shape index (κ3) is 3.58. The minimum atomic E-state index is 0.348. The third-order valence-corrected chi connectivity index (χ3v) is 3.47. The summed E-state index contributed by atoms with van der Waals surface area (Å²) in [5.74, 6) is 0.693. The van der Waals surface area contributed by atoms with Gasteiger partial charge in [0.25, 0.3) is 0 Å². The Morgan fingerprint density at radius 3 is 2.60 bits per heavy atom. The highest BCUT2D eigenvalue weighted by Crippen LogP contribution is 2.19. The molecule has 0 saturated heterocycles. The zero-order chi connectivity index (χ0) is 14.4. The van der Waals surface area contributed by atoms with Crippen LogP contribution in [0.25, 0.3) is 0 Å². The van der Waals surface area contributed by atoms with Crippen LogP contribution in [-0.2, 0) is 6.54 Å². The first-order valence-corrected chi connectivity index (χ1v) is 7.02. The summed E-state index contributed by atoms with van der Waals surface area (Å²) in [6, 6.07) is 13.0. The van der Waals surface area contributed by atoms with Gasteiger partial charge in [0, 0.05) is 24.3 Å². The maximum Gasteiger partial charge on any atom is 0.217 e. The van der Waals surface area contributed by atoms with E-state index in [2.05, 4.69) is 48.4 Å². The molecule has 1 aromatic carbocycles. The zero-order valence-corrected chi connectivity index (χ0v) is 12.4. The van der Waals surface area contributed by atoms with Crippen molar-refractivity contribution in [2.45, 2.75) is 32.9 Å². The molecule has 0 aliphatic rings. The van der Waals surface area contributed by atoms with Crippen LogP contribution in [-0.4, -0.2) is 12.1 Å². The molecule has 3 heteroatoms. The second-order valence-corrected chi connectivity index (χ2v) is 4.92. The Morgan fingerprint density at radius 1 is 1.20 bits per heavy atom. The summed E-state index contributed by atoms with van der Waals surface area (Å²) in [4.78, 5) is 4.22. The number of pyridine rings is 1. The number of aromatic nitrogens is 1. The second-order valence-electron chi connectivity index (χ2n) is 4.92. The molecule has 1 heterocycles. The molecule has 0 amide bonds. The molecule has 3 nitrogen and oxygen atoms in total. The number of nitrogens with one attached hydrogen (secondary N) is 1. The van der Waals surface area contributed by atoms with E-state index in [-0.39, 0.29) is 0 Å². The van der Waals surface area contributed by atoms with Crippen LogP contribution in [0.15, 0.2) is 42.6 Å². The quantitative estimate of drug-likeness (QED) is 0.870. The highest BCUT2D eigenvalue weighted by molar-refractivity contribution is 5.27. The van der Waals surface area contributed by atoms with Gasteiger partial charge in [-0.15, -0.1) is 0 Å². The van der Waals surface area contributed by atoms with Gasteiger partial charge < -0.3 is 10.1 Å². The molecule has 0 bridgehead atoms. The molecule has 0 aliphatic heterocycles. The molecule has 20 heavy (non-hydrogen) atoms. The molecule has 2 rings (SSSR count). The van der Waals surface area contributed by atoms with Gasteiger partial charge in [-0.05, 0) is 25.0 Å². The molecular formula is C17H22N2O. The van der Waals surface area contributed by atoms with Gasteiger partial charge in [0.1, 0.15) is 0 Å². The lowest BCUT2D eigenvalue weighted by atomic mass is 10.0. The standard InChI is InChI=1S/C17H22N2O/c1-4-16(14-9-7-13(2)8-10-14)19-12-15-6-5-11-18-17(15)20-3/h5-11,16,19H,4,12H2,1-3H3. The number of hydrogen-bond acceptors (Lipinski definition) is 3. The first-order chi connectivity index (χ1) is 9.74. The van der Waals surface area contributed by atoms with E-state index in [0.29, 0.717) is 11.9 Å². The normalized spacial score (nSPS) is 12.2. The molecule has 1 unspecified atom stereocenters. The molecule has 0 radical (unpaired) electrons. The van der Waals surface area contributed by atoms with Crippen molar-refractivity contribution < 1.29 is 4.74 Å². The number of aryl methyl sites for hydroxylation is 1. The van der Waals surface area contributed by atoms with Crippen LogP contribution in [0.3, 0.4) is 0 Å². The van der Waals surface area contributed by atoms with Crippen molar-refractivity contribution in [3.63, 3.8) is 0 Å². The van der Waals surface area contributed by atoms with E-state index >= 15 is 0 Å². The van der Waals surface area contributed by atoms with Crippen LogP contribution >= 0.6 is 0 Å². The summed E-state index contributed by atoms with van der Waals surface area (Å²) in [6.07, 6.45) is 2.80. The molecule has 1 N–H and O–H groups in total. The van der Waals surface area contributed by atoms with Gasteiger partial charge in [-0.3, -0.25) is 0 Å². The van der Waals surface area contributed by atoms with Crippen LogP contribution in [0.5, 0.6) is 5.88 Å². The van der Waals surface area contributed by atoms with E-state index in [1.165, 1.54) is 11.1 Å². The number of ether oxygens (including phenoxy) is 1. The lowest BCUT2D eigenvalue weighted by molar-refractivity contribution is 0.388. The molecular weight excluding hydrogens is 248 g/mol. The highest BCUT2D eigenvalue weighted by atomic mass is 16.5. The smallest absolute Gasteiger partial charge is 0.217 e. The molecule has 0 saturated carbocycles. The van der Waals surface area contributed by atoms with E-state index in [4.69, 9.17) is 4.74 Å². The van der Waals surface area contributed by atoms with Crippen molar-refractivity contribution >= 4 is 0 Å². The van der Waals surface area contributed by atoms with E-state index in [1.807, 2.05) is 12.1 Å². The lowest BCUT2D eigenvalue weighted by Crippen LogP contribution is -2.20. The average Bonchev–Trinajstić information content (AvgIpc) is 2.50. The Balaban J connectivity index is 2.05. The Kier molecular flexibility index (Phi) is 5.13. The Morgan fingerprint density at radius 2 is 1.95 bits per heavy atom. The van der Waals surface area contributed by atoms with E-state index in [0.717, 1.165) is 18.5 Å². The summed E-state index contributed by atoms with van der Waals surface area (Å²) in [5, 5.41) is 3.58. The van der Waals surface area contributed by atoms with Gasteiger partial charge in [0.15, 0.2) is 0 Å². The molecule has 1 aromatic heterocycles. The maximum atomic E-state index is 5.28. The van der Waals surface area contributed by atoms with Crippen molar-refractivity contribution in [2.24, 2.45) is 0 Å². The maximum absolute atomic E-state index is 5.28. The molecule has 106 valence electrons. The van der Waals surface area contributed by atoms with Crippen molar-refractivity contribution in [1.29, 1.82) is 0 Å². The van der Waals surface area contributed by atoms with E-state index < -0.39 is 0 Å². The fraction of sp³-hybridized carbons (Fsp3) is 0.353. The highest BCUT2D eigenvalue weighted by Gasteiger charge is 2.10. The fourth-order valence-corrected chi connectivity index (χ4v) is 2.27. The summed E-state index contributed by atoms with van der Waals surface area (Å²) < 4.78 is 5.28. The lowest BCUT2D eigenvalue weighted by Gasteiger charge is -2.18. The Bertz CT molecular complexity index is 537. The van der Waals surface area contributed by atoms with Gasteiger partial charge in [-0.25, -0.2) is 4.98 Å². The topological polar surface area (TPSA) is 34.2 Å². The summed E-state index contributed by atoms with van der Waals surface area (Å²) in [7, 11) is 1.66. The molecule has 2 aromatic rings. The Hall–Kier alpha value is -1.87. The molecule has 0 fully saturated rings. The number of benzene rings is 1. The monoisotopic (exact) mass is 270 g/mol. The molecule has 0 spiro atoms. The summed E-state index contributed by atoms with van der Waals surface area (Å²) >= 11 is 0. The molecule has 1 atom stereocenters. The number of nitrogens with zero attached hydrogens (tertiary/aromatic N) is 1. The second kappa shape index (κ2) is 7.06. The van der Waals surface area contributed by atoms with Gasteiger partial charge >= 0.3 is 0 Å². The minimum absolute atomic E-state index is 0.348. The molecule has 0 aliphatic carbocycles. The number of rotatable bonds is 6. The third-order valence-electron chi connectivity index (χ3n) is 3.47. The first kappa shape index (κ1) is 14.5. The van der Waals surface area contributed by atoms with Crippen LogP contribution in [0.2, 0.25) is 0 Å². The van der Waals surface area contributed by atoms with Crippen molar-refractivity contribution in [3.05, 3.63) is 59.3 Å². The van der Waals surface area contributed by atoms with E-state index in [1.54, 1.807) is 13.3 Å². The van der Waals surface area contributed by atoms with Gasteiger partial charge in [0.05, 0.1) is 7.11 Å². The van der Waals surface area contributed by atoms with Crippen LogP contribution in [0.1, 0.15) is 36.1 Å². The first-order valence-electron chi connectivity index (χ1n) is 7.02. The SMILES string of the molecule is CCC(NCc1cccnc1OC)c1ccc(C)cc1. The van der Waals surface area contributed by atoms with Crippen LogP contribution in [0.4, 0.5) is 0 Å². The van der Waals surface area contributed by atoms with Gasteiger partial charge in [0.2, 0.25) is 5.88 Å². The minimum Gasteiger partial charge on any atom is -0.481 e. The van der Waals surface area contributed by atoms with Crippen molar-refractivity contribution in [3.8, 4) is 5.88 Å². The predicted octanol–water partition coefficient (Wildman–Crippen LogP) is 3.64. The fourth-order valence-electron chi connectivity index (χ4n) is 2.27. The zero-order valence-electron chi connectivity index (χ0n) is 12.4. The summed E-state index contributed by atoms with van der Waals surface area (Å²) in [6.45, 7) is 5.06. The van der Waals surface area contributed by atoms with Crippen LogP contribution in [0, 0.1) is 6.92 Å². The Labute approximate surface area is 121 Å². The largest absolute Gasteiger partial charge is 0.481 e. The number of methoxy groups -OCH3 is 1. The van der Waals surface area contributed by atoms with E-state index in [9.17, 15) is 0 Å².